The zero-order valence-corrected chi connectivity index (χ0v) is 12.0. The fraction of sp³-hybridized carbons (Fsp3) is 0.357. The van der Waals surface area contributed by atoms with Crippen molar-refractivity contribution in [3.8, 4) is 0 Å². The van der Waals surface area contributed by atoms with E-state index >= 15 is 0 Å². The quantitative estimate of drug-likeness (QED) is 0.891. The molecule has 0 atom stereocenters. The average Bonchev–Trinajstić information content (AvgIpc) is 3.04. The van der Waals surface area contributed by atoms with Gasteiger partial charge in [0, 0.05) is 24.1 Å². The molecule has 19 heavy (non-hydrogen) atoms. The number of nitrogens with zero attached hydrogens (tertiary/aromatic N) is 2. The average molecular weight is 324 g/mol. The number of hydrogen-bond donors (Lipinski definition) is 1. The third kappa shape index (κ3) is 2.66. The molecule has 0 unspecified atom stereocenters. The van der Waals surface area contributed by atoms with Gasteiger partial charge in [0.1, 0.15) is 5.82 Å². The van der Waals surface area contributed by atoms with Crippen molar-refractivity contribution in [2.45, 2.75) is 31.7 Å². The Balaban J connectivity index is 1.83. The Morgan fingerprint density at radius 1 is 1.32 bits per heavy atom. The van der Waals surface area contributed by atoms with Crippen LogP contribution in [0.1, 0.15) is 31.7 Å². The summed E-state index contributed by atoms with van der Waals surface area (Å²) < 4.78 is 15.8. The molecule has 5 heteroatoms. The molecule has 1 fully saturated rings. The number of anilines is 2. The van der Waals surface area contributed by atoms with Crippen molar-refractivity contribution in [1.82, 2.24) is 9.55 Å². The first-order valence-corrected chi connectivity index (χ1v) is 7.28. The number of halogens is 2. The van der Waals surface area contributed by atoms with Crippen LogP contribution in [0.25, 0.3) is 0 Å². The Kier molecular flexibility index (Phi) is 3.55. The second kappa shape index (κ2) is 5.33. The fourth-order valence-corrected chi connectivity index (χ4v) is 2.97. The van der Waals surface area contributed by atoms with Crippen LogP contribution in [-0.2, 0) is 0 Å². The maximum Gasteiger partial charge on any atom is 0.207 e. The molecule has 1 aromatic carbocycles. The molecule has 1 saturated carbocycles. The third-order valence-electron chi connectivity index (χ3n) is 3.56. The molecular weight excluding hydrogens is 309 g/mol. The summed E-state index contributed by atoms with van der Waals surface area (Å²) in [5.74, 6) is 0.565. The summed E-state index contributed by atoms with van der Waals surface area (Å²) in [5, 5.41) is 3.25. The van der Waals surface area contributed by atoms with Gasteiger partial charge in [-0.15, -0.1) is 0 Å². The van der Waals surface area contributed by atoms with Crippen molar-refractivity contribution in [3.63, 3.8) is 0 Å². The lowest BCUT2D eigenvalue weighted by Gasteiger charge is -2.15. The van der Waals surface area contributed by atoms with Crippen LogP contribution in [-0.4, -0.2) is 9.55 Å². The highest BCUT2D eigenvalue weighted by Gasteiger charge is 2.19. The minimum atomic E-state index is -0.260. The molecule has 0 radical (unpaired) electrons. The normalized spacial score (nSPS) is 15.9. The van der Waals surface area contributed by atoms with Crippen LogP contribution in [0.2, 0.25) is 0 Å². The van der Waals surface area contributed by atoms with E-state index in [-0.39, 0.29) is 5.82 Å². The zero-order chi connectivity index (χ0) is 13.2. The summed E-state index contributed by atoms with van der Waals surface area (Å²) in [7, 11) is 0. The number of aromatic nitrogens is 2. The molecule has 1 N–H and O–H groups in total. The minimum absolute atomic E-state index is 0.260. The van der Waals surface area contributed by atoms with Gasteiger partial charge in [0.2, 0.25) is 5.95 Å². The molecule has 1 heterocycles. The van der Waals surface area contributed by atoms with Gasteiger partial charge in [-0.25, -0.2) is 9.37 Å². The number of imidazole rings is 1. The summed E-state index contributed by atoms with van der Waals surface area (Å²) in [6, 6.07) is 5.42. The maximum atomic E-state index is 13.2. The first-order chi connectivity index (χ1) is 9.24. The van der Waals surface area contributed by atoms with Gasteiger partial charge < -0.3 is 9.88 Å². The molecule has 0 spiro atoms. The Bertz CT molecular complexity index is 576. The van der Waals surface area contributed by atoms with Crippen LogP contribution in [0.4, 0.5) is 16.0 Å². The van der Waals surface area contributed by atoms with Crippen LogP contribution < -0.4 is 5.32 Å². The summed E-state index contributed by atoms with van der Waals surface area (Å²) in [6.45, 7) is 0. The van der Waals surface area contributed by atoms with Gasteiger partial charge in [0.25, 0.3) is 0 Å². The molecule has 1 aliphatic carbocycles. The number of hydrogen-bond acceptors (Lipinski definition) is 2. The Morgan fingerprint density at radius 2 is 2.11 bits per heavy atom. The van der Waals surface area contributed by atoms with Gasteiger partial charge in [-0.2, -0.15) is 0 Å². The van der Waals surface area contributed by atoms with Crippen LogP contribution in [0.3, 0.4) is 0 Å². The second-order valence-corrected chi connectivity index (χ2v) is 5.70. The van der Waals surface area contributed by atoms with E-state index in [2.05, 4.69) is 30.8 Å². The highest BCUT2D eigenvalue weighted by atomic mass is 79.9. The first-order valence-electron chi connectivity index (χ1n) is 6.49. The topological polar surface area (TPSA) is 29.9 Å². The highest BCUT2D eigenvalue weighted by Crippen LogP contribution is 2.32. The van der Waals surface area contributed by atoms with Gasteiger partial charge in [-0.3, -0.25) is 0 Å². The van der Waals surface area contributed by atoms with E-state index in [1.165, 1.54) is 31.7 Å². The van der Waals surface area contributed by atoms with Gasteiger partial charge in [0.05, 0.1) is 4.47 Å². The largest absolute Gasteiger partial charge is 0.326 e. The monoisotopic (exact) mass is 323 g/mol. The molecule has 0 amide bonds. The van der Waals surface area contributed by atoms with Crippen LogP contribution in [0.5, 0.6) is 0 Å². The predicted octanol–water partition coefficient (Wildman–Crippen LogP) is 4.64. The lowest BCUT2D eigenvalue weighted by molar-refractivity contribution is 0.525. The molecule has 1 aromatic heterocycles. The Morgan fingerprint density at radius 3 is 2.84 bits per heavy atom. The molecule has 0 saturated heterocycles. The van der Waals surface area contributed by atoms with Gasteiger partial charge in [0.15, 0.2) is 0 Å². The van der Waals surface area contributed by atoms with Crippen LogP contribution in [0.15, 0.2) is 35.1 Å². The summed E-state index contributed by atoms with van der Waals surface area (Å²) in [6.07, 6.45) is 8.79. The van der Waals surface area contributed by atoms with E-state index in [1.807, 2.05) is 6.20 Å². The third-order valence-corrected chi connectivity index (χ3v) is 4.17. The first kappa shape index (κ1) is 12.7. The van der Waals surface area contributed by atoms with E-state index < -0.39 is 0 Å². The van der Waals surface area contributed by atoms with Crippen molar-refractivity contribution in [2.24, 2.45) is 0 Å². The van der Waals surface area contributed by atoms with Crippen molar-refractivity contribution in [3.05, 3.63) is 40.9 Å². The van der Waals surface area contributed by atoms with E-state index in [1.54, 1.807) is 18.3 Å². The fourth-order valence-electron chi connectivity index (χ4n) is 2.59. The number of rotatable bonds is 3. The highest BCUT2D eigenvalue weighted by molar-refractivity contribution is 9.10. The molecule has 3 nitrogen and oxygen atoms in total. The number of benzene rings is 1. The minimum Gasteiger partial charge on any atom is -0.326 e. The maximum absolute atomic E-state index is 13.2. The smallest absolute Gasteiger partial charge is 0.207 e. The predicted molar refractivity (Wildman–Crippen MR) is 77.1 cm³/mol. The number of nitrogens with one attached hydrogen (secondary N) is 1. The van der Waals surface area contributed by atoms with Crippen molar-refractivity contribution in [2.75, 3.05) is 5.32 Å². The zero-order valence-electron chi connectivity index (χ0n) is 10.4. The summed E-state index contributed by atoms with van der Waals surface area (Å²) in [4.78, 5) is 4.35. The van der Waals surface area contributed by atoms with E-state index in [9.17, 15) is 4.39 Å². The van der Waals surface area contributed by atoms with Crippen LogP contribution >= 0.6 is 15.9 Å². The lowest BCUT2D eigenvalue weighted by atomic mass is 10.2. The summed E-state index contributed by atoms with van der Waals surface area (Å²) in [5.41, 5.74) is 0.832. The Hall–Kier alpha value is -1.36. The van der Waals surface area contributed by atoms with Crippen molar-refractivity contribution in [1.29, 1.82) is 0 Å². The van der Waals surface area contributed by atoms with Crippen molar-refractivity contribution >= 4 is 27.6 Å². The molecular formula is C14H15BrFN3. The standard InChI is InChI=1S/C14H15BrFN3/c15-12-9-10(5-6-13(12)16)18-14-17-7-8-19(14)11-3-1-2-4-11/h5-9,11H,1-4H2,(H,17,18). The SMILES string of the molecule is Fc1ccc(Nc2nccn2C2CCCC2)cc1Br. The molecule has 1 aliphatic rings. The van der Waals surface area contributed by atoms with Crippen LogP contribution in [0, 0.1) is 5.82 Å². The van der Waals surface area contributed by atoms with Crippen molar-refractivity contribution < 1.29 is 4.39 Å². The lowest BCUT2D eigenvalue weighted by Crippen LogP contribution is -2.07. The Labute approximate surface area is 120 Å². The molecule has 2 aromatic rings. The summed E-state index contributed by atoms with van der Waals surface area (Å²) >= 11 is 3.19. The molecule has 0 aliphatic heterocycles. The van der Waals surface area contributed by atoms with Gasteiger partial charge in [-0.05, 0) is 47.0 Å². The van der Waals surface area contributed by atoms with E-state index in [0.717, 1.165) is 11.6 Å². The van der Waals surface area contributed by atoms with Gasteiger partial charge >= 0.3 is 0 Å². The molecule has 100 valence electrons. The second-order valence-electron chi connectivity index (χ2n) is 4.85. The van der Waals surface area contributed by atoms with Gasteiger partial charge in [-0.1, -0.05) is 12.8 Å². The molecule has 3 rings (SSSR count). The van der Waals surface area contributed by atoms with E-state index in [0.29, 0.717) is 10.5 Å². The van der Waals surface area contributed by atoms with E-state index in [4.69, 9.17) is 0 Å². The molecule has 0 bridgehead atoms.